The zero-order valence-electron chi connectivity index (χ0n) is 22.5. The number of aliphatic hydroxyl groups is 7. The van der Waals surface area contributed by atoms with Gasteiger partial charge >= 0.3 is 5.97 Å². The number of carbonyl (C=O) groups excluding carboxylic acids is 3. The van der Waals surface area contributed by atoms with E-state index in [1.807, 2.05) is 0 Å². The van der Waals surface area contributed by atoms with Crippen LogP contribution in [-0.2, 0) is 19.1 Å². The summed E-state index contributed by atoms with van der Waals surface area (Å²) in [6, 6.07) is 6.57. The van der Waals surface area contributed by atoms with Gasteiger partial charge in [-0.2, -0.15) is 0 Å². The van der Waals surface area contributed by atoms with Crippen molar-refractivity contribution < 1.29 is 79.0 Å². The SMILES string of the molecule is CC(=O)OC(C(O)C=O)C(O)C(O)Oc1cc(O)c2c(=O)c(OC(O)C(O)C(O)C(O)C=O)c(-c3ccc(O)cc3)oc2c1. The van der Waals surface area contributed by atoms with Crippen molar-refractivity contribution in [1.29, 1.82) is 0 Å². The van der Waals surface area contributed by atoms with Gasteiger partial charge in [-0.15, -0.1) is 0 Å². The molecule has 0 aliphatic heterocycles. The Hall–Kier alpha value is -4.62. The smallest absolute Gasteiger partial charge is 0.303 e. The molecule has 0 spiro atoms. The predicted molar refractivity (Wildman–Crippen MR) is 142 cm³/mol. The monoisotopic (exact) mass is 624 g/mol. The second-order valence-corrected chi connectivity index (χ2v) is 9.27. The summed E-state index contributed by atoms with van der Waals surface area (Å²) in [5.74, 6) is -3.86. The molecule has 9 N–H and O–H groups in total. The van der Waals surface area contributed by atoms with Crippen molar-refractivity contribution in [3.05, 3.63) is 46.6 Å². The van der Waals surface area contributed by atoms with E-state index in [4.69, 9.17) is 13.9 Å². The number of aromatic hydroxyl groups is 2. The number of rotatable bonds is 14. The van der Waals surface area contributed by atoms with Crippen molar-refractivity contribution in [2.24, 2.45) is 0 Å². The maximum atomic E-state index is 13.5. The molecule has 44 heavy (non-hydrogen) atoms. The second-order valence-electron chi connectivity index (χ2n) is 9.27. The van der Waals surface area contributed by atoms with E-state index in [1.165, 1.54) is 24.3 Å². The summed E-state index contributed by atoms with van der Waals surface area (Å²) in [7, 11) is 0. The molecule has 0 radical (unpaired) electrons. The minimum absolute atomic E-state index is 0.0281. The molecule has 8 atom stereocenters. The fraction of sp³-hybridized carbons (Fsp3) is 0.333. The molecule has 0 bridgehead atoms. The Morgan fingerprint density at radius 1 is 0.818 bits per heavy atom. The molecule has 0 saturated carbocycles. The van der Waals surface area contributed by atoms with Gasteiger partial charge in [0.15, 0.2) is 30.5 Å². The van der Waals surface area contributed by atoms with Gasteiger partial charge in [0.2, 0.25) is 23.8 Å². The average molecular weight is 625 g/mol. The van der Waals surface area contributed by atoms with Crippen LogP contribution in [0, 0.1) is 0 Å². The van der Waals surface area contributed by atoms with Gasteiger partial charge in [0.25, 0.3) is 0 Å². The molecule has 1 heterocycles. The Morgan fingerprint density at radius 3 is 1.98 bits per heavy atom. The van der Waals surface area contributed by atoms with E-state index in [0.29, 0.717) is 0 Å². The third-order valence-corrected chi connectivity index (χ3v) is 6.07. The molecule has 0 amide bonds. The van der Waals surface area contributed by atoms with Crippen LogP contribution in [-0.4, -0.2) is 114 Å². The Kier molecular flexibility index (Phi) is 11.0. The Balaban J connectivity index is 2.09. The van der Waals surface area contributed by atoms with E-state index in [9.17, 15) is 65.1 Å². The topological polar surface area (TPSA) is 291 Å². The zero-order chi connectivity index (χ0) is 32.9. The molecule has 17 heteroatoms. The van der Waals surface area contributed by atoms with Gasteiger partial charge in [0.1, 0.15) is 52.6 Å². The molecule has 3 rings (SSSR count). The number of benzene rings is 2. The van der Waals surface area contributed by atoms with Crippen molar-refractivity contribution in [2.75, 3.05) is 0 Å². The quantitative estimate of drug-likeness (QED) is 0.0504. The first-order chi connectivity index (χ1) is 20.7. The Bertz CT molecular complexity index is 1530. The molecule has 0 aliphatic rings. The molecule has 0 saturated heterocycles. The number of ether oxygens (including phenoxy) is 3. The highest BCUT2D eigenvalue weighted by molar-refractivity contribution is 5.88. The summed E-state index contributed by atoms with van der Waals surface area (Å²) in [4.78, 5) is 46.5. The number of hydrogen-bond acceptors (Lipinski definition) is 17. The highest BCUT2D eigenvalue weighted by Gasteiger charge is 2.37. The van der Waals surface area contributed by atoms with E-state index in [0.717, 1.165) is 19.1 Å². The minimum atomic E-state index is -2.44. The Labute approximate surface area is 245 Å². The van der Waals surface area contributed by atoms with Gasteiger partial charge < -0.3 is 74.2 Å². The van der Waals surface area contributed by atoms with E-state index in [-0.39, 0.29) is 23.9 Å². The maximum absolute atomic E-state index is 13.5. The number of carbonyl (C=O) groups is 3. The lowest BCUT2D eigenvalue weighted by molar-refractivity contribution is -0.188. The van der Waals surface area contributed by atoms with Crippen LogP contribution in [0.25, 0.3) is 22.3 Å². The third kappa shape index (κ3) is 7.47. The normalized spacial score (nSPS) is 16.9. The standard InChI is InChI=1S/C27H28O17/c1-10(30)41-24(16(34)9-29)22(38)27(40)42-13-6-14(32)18-17(7-13)43-23(11-2-4-12(31)5-3-11)25(20(18)36)44-26(39)21(37)19(35)15(33)8-28/h2-9,15-16,19,21-22,24,26-27,31-35,37-40H,1H3. The highest BCUT2D eigenvalue weighted by Crippen LogP contribution is 2.37. The molecular formula is C27H28O17. The van der Waals surface area contributed by atoms with Crippen LogP contribution in [0.4, 0.5) is 0 Å². The number of fused-ring (bicyclic) bond motifs is 1. The van der Waals surface area contributed by atoms with Crippen molar-refractivity contribution in [3.63, 3.8) is 0 Å². The van der Waals surface area contributed by atoms with Crippen molar-refractivity contribution in [2.45, 2.75) is 56.1 Å². The van der Waals surface area contributed by atoms with Crippen molar-refractivity contribution in [1.82, 2.24) is 0 Å². The molecular weight excluding hydrogens is 596 g/mol. The van der Waals surface area contributed by atoms with Gasteiger partial charge in [0, 0.05) is 24.6 Å². The molecule has 8 unspecified atom stereocenters. The summed E-state index contributed by atoms with van der Waals surface area (Å²) in [6.45, 7) is 0.911. The van der Waals surface area contributed by atoms with Gasteiger partial charge in [-0.3, -0.25) is 9.59 Å². The fourth-order valence-corrected chi connectivity index (χ4v) is 3.86. The summed E-state index contributed by atoms with van der Waals surface area (Å²) >= 11 is 0. The lowest BCUT2D eigenvalue weighted by Gasteiger charge is -2.27. The average Bonchev–Trinajstić information content (AvgIpc) is 2.99. The molecule has 238 valence electrons. The molecule has 17 nitrogen and oxygen atoms in total. The summed E-state index contributed by atoms with van der Waals surface area (Å²) in [6.07, 6.45) is -17.8. The molecule has 1 aromatic heterocycles. The van der Waals surface area contributed by atoms with E-state index >= 15 is 0 Å². The maximum Gasteiger partial charge on any atom is 0.303 e. The number of hydrogen-bond donors (Lipinski definition) is 9. The van der Waals surface area contributed by atoms with Crippen LogP contribution in [0.1, 0.15) is 6.92 Å². The van der Waals surface area contributed by atoms with Crippen LogP contribution >= 0.6 is 0 Å². The summed E-state index contributed by atoms with van der Waals surface area (Å²) in [5.41, 5.74) is -1.59. The molecule has 0 aliphatic carbocycles. The largest absolute Gasteiger partial charge is 0.508 e. The summed E-state index contributed by atoms with van der Waals surface area (Å²) < 4.78 is 20.7. The third-order valence-electron chi connectivity index (χ3n) is 6.07. The number of aldehydes is 2. The first-order valence-electron chi connectivity index (χ1n) is 12.5. The van der Waals surface area contributed by atoms with Gasteiger partial charge in [0.05, 0.1) is 0 Å². The zero-order valence-corrected chi connectivity index (χ0v) is 22.5. The van der Waals surface area contributed by atoms with E-state index < -0.39 is 94.6 Å². The van der Waals surface area contributed by atoms with Gasteiger partial charge in [-0.25, -0.2) is 0 Å². The van der Waals surface area contributed by atoms with Crippen LogP contribution in [0.3, 0.4) is 0 Å². The van der Waals surface area contributed by atoms with E-state index in [2.05, 4.69) is 4.74 Å². The van der Waals surface area contributed by atoms with Crippen LogP contribution < -0.4 is 14.9 Å². The number of phenols is 2. The predicted octanol–water partition coefficient (Wildman–Crippen LogP) is -2.60. The fourth-order valence-electron chi connectivity index (χ4n) is 3.86. The number of esters is 1. The lowest BCUT2D eigenvalue weighted by Crippen LogP contribution is -2.49. The van der Waals surface area contributed by atoms with Gasteiger partial charge in [-0.1, -0.05) is 0 Å². The molecule has 2 aromatic carbocycles. The number of phenolic OH excluding ortho intramolecular Hbond substituents is 2. The van der Waals surface area contributed by atoms with Crippen molar-refractivity contribution >= 4 is 29.5 Å². The Morgan fingerprint density at radius 2 is 1.41 bits per heavy atom. The first-order valence-corrected chi connectivity index (χ1v) is 12.5. The van der Waals surface area contributed by atoms with Crippen LogP contribution in [0.15, 0.2) is 45.6 Å². The lowest BCUT2D eigenvalue weighted by atomic mass is 10.1. The molecule has 3 aromatic rings. The van der Waals surface area contributed by atoms with Crippen molar-refractivity contribution in [3.8, 4) is 34.3 Å². The van der Waals surface area contributed by atoms with Crippen LogP contribution in [0.2, 0.25) is 0 Å². The van der Waals surface area contributed by atoms with Crippen LogP contribution in [0.5, 0.6) is 23.0 Å². The number of aliphatic hydroxyl groups excluding tert-OH is 7. The second kappa shape index (κ2) is 14.2. The van der Waals surface area contributed by atoms with Gasteiger partial charge in [-0.05, 0) is 24.3 Å². The summed E-state index contributed by atoms with van der Waals surface area (Å²) in [5, 5.41) is 89.9. The highest BCUT2D eigenvalue weighted by atomic mass is 16.6. The van der Waals surface area contributed by atoms with E-state index in [1.54, 1.807) is 0 Å². The molecule has 0 fully saturated rings. The minimum Gasteiger partial charge on any atom is -0.508 e. The first kappa shape index (κ1) is 33.9.